The number of benzene rings is 2. The molecule has 0 saturated carbocycles. The molecule has 3 rings (SSSR count). The molecule has 1 amide bonds. The third-order valence-electron chi connectivity index (χ3n) is 4.20. The summed E-state index contributed by atoms with van der Waals surface area (Å²) in [6.07, 6.45) is 0. The van der Waals surface area contributed by atoms with Gasteiger partial charge in [-0.2, -0.15) is 0 Å². The van der Waals surface area contributed by atoms with Gasteiger partial charge in [0.15, 0.2) is 0 Å². The molecule has 2 aromatic carbocycles. The fourth-order valence-corrected chi connectivity index (χ4v) is 2.92. The molecule has 5 heteroatoms. The van der Waals surface area contributed by atoms with Crippen LogP contribution < -0.4 is 9.64 Å². The zero-order valence-corrected chi connectivity index (χ0v) is 13.8. The van der Waals surface area contributed by atoms with Gasteiger partial charge in [0.1, 0.15) is 11.5 Å². The van der Waals surface area contributed by atoms with Crippen LogP contribution in [0.3, 0.4) is 0 Å². The number of phenolic OH excluding ortho intramolecular Hbond substituents is 1. The van der Waals surface area contributed by atoms with Gasteiger partial charge < -0.3 is 19.6 Å². The van der Waals surface area contributed by atoms with Crippen LogP contribution in [0.15, 0.2) is 48.5 Å². The molecule has 0 aromatic heterocycles. The zero-order valence-electron chi connectivity index (χ0n) is 13.8. The van der Waals surface area contributed by atoms with Crippen molar-refractivity contribution in [3.05, 3.63) is 54.1 Å². The summed E-state index contributed by atoms with van der Waals surface area (Å²) in [6.45, 7) is 5.24. The number of nitrogens with zero attached hydrogens (tertiary/aromatic N) is 2. The van der Waals surface area contributed by atoms with Gasteiger partial charge in [-0.05, 0) is 43.3 Å². The summed E-state index contributed by atoms with van der Waals surface area (Å²) in [7, 11) is 0. The van der Waals surface area contributed by atoms with Gasteiger partial charge in [-0.1, -0.05) is 12.1 Å². The Bertz CT molecular complexity index is 692. The second kappa shape index (κ2) is 7.25. The predicted molar refractivity (Wildman–Crippen MR) is 93.8 cm³/mol. The second-order valence-corrected chi connectivity index (χ2v) is 5.73. The molecule has 0 spiro atoms. The molecule has 1 heterocycles. The summed E-state index contributed by atoms with van der Waals surface area (Å²) >= 11 is 0. The fraction of sp³-hybridized carbons (Fsp3) is 0.316. The number of phenols is 1. The number of para-hydroxylation sites is 2. The maximum Gasteiger partial charge on any atom is 0.253 e. The van der Waals surface area contributed by atoms with E-state index in [9.17, 15) is 9.90 Å². The number of carbonyl (C=O) groups excluding carboxylic acids is 1. The van der Waals surface area contributed by atoms with Gasteiger partial charge in [0.25, 0.3) is 5.91 Å². The molecule has 1 aliphatic rings. The van der Waals surface area contributed by atoms with Crippen molar-refractivity contribution in [2.45, 2.75) is 6.92 Å². The molecule has 0 aliphatic carbocycles. The molecule has 0 bridgehead atoms. The smallest absolute Gasteiger partial charge is 0.253 e. The van der Waals surface area contributed by atoms with Crippen molar-refractivity contribution in [3.8, 4) is 11.5 Å². The van der Waals surface area contributed by atoms with E-state index in [4.69, 9.17) is 4.74 Å². The van der Waals surface area contributed by atoms with Crippen molar-refractivity contribution in [2.75, 3.05) is 37.7 Å². The monoisotopic (exact) mass is 326 g/mol. The topological polar surface area (TPSA) is 53.0 Å². The van der Waals surface area contributed by atoms with Crippen LogP contribution in [-0.4, -0.2) is 48.7 Å². The predicted octanol–water partition coefficient (Wildman–Crippen LogP) is 2.75. The van der Waals surface area contributed by atoms with Gasteiger partial charge >= 0.3 is 0 Å². The van der Waals surface area contributed by atoms with E-state index in [0.29, 0.717) is 38.3 Å². The highest BCUT2D eigenvalue weighted by molar-refractivity contribution is 5.94. The van der Waals surface area contributed by atoms with Gasteiger partial charge in [-0.15, -0.1) is 0 Å². The molecule has 1 aliphatic heterocycles. The SMILES string of the molecule is CCOc1ccc(C(=O)N2CCN(c3ccccc3O)CC2)cc1. The molecule has 1 saturated heterocycles. The van der Waals surface area contributed by atoms with Crippen molar-refractivity contribution >= 4 is 11.6 Å². The lowest BCUT2D eigenvalue weighted by molar-refractivity contribution is 0.0746. The first-order valence-corrected chi connectivity index (χ1v) is 8.24. The van der Waals surface area contributed by atoms with Crippen LogP contribution in [0.5, 0.6) is 11.5 Å². The Morgan fingerprint density at radius 1 is 1.04 bits per heavy atom. The molecule has 5 nitrogen and oxygen atoms in total. The Hall–Kier alpha value is -2.69. The first-order valence-electron chi connectivity index (χ1n) is 8.24. The molecule has 24 heavy (non-hydrogen) atoms. The first-order chi connectivity index (χ1) is 11.7. The summed E-state index contributed by atoms with van der Waals surface area (Å²) in [5, 5.41) is 9.95. The number of anilines is 1. The highest BCUT2D eigenvalue weighted by Crippen LogP contribution is 2.27. The van der Waals surface area contributed by atoms with E-state index in [0.717, 1.165) is 11.4 Å². The Morgan fingerprint density at radius 2 is 1.71 bits per heavy atom. The minimum absolute atomic E-state index is 0.0370. The Labute approximate surface area is 142 Å². The number of piperazine rings is 1. The quantitative estimate of drug-likeness (QED) is 0.939. The summed E-state index contributed by atoms with van der Waals surface area (Å²) in [4.78, 5) is 16.6. The van der Waals surface area contributed by atoms with Gasteiger partial charge in [0.2, 0.25) is 0 Å². The number of carbonyl (C=O) groups is 1. The second-order valence-electron chi connectivity index (χ2n) is 5.73. The number of ether oxygens (including phenoxy) is 1. The lowest BCUT2D eigenvalue weighted by atomic mass is 10.1. The van der Waals surface area contributed by atoms with Crippen LogP contribution >= 0.6 is 0 Å². The van der Waals surface area contributed by atoms with Crippen molar-refractivity contribution in [1.29, 1.82) is 0 Å². The van der Waals surface area contributed by atoms with E-state index in [1.807, 2.05) is 54.3 Å². The van der Waals surface area contributed by atoms with Gasteiger partial charge in [-0.25, -0.2) is 0 Å². The van der Waals surface area contributed by atoms with Crippen LogP contribution in [0.4, 0.5) is 5.69 Å². The fourth-order valence-electron chi connectivity index (χ4n) is 2.92. The van der Waals surface area contributed by atoms with E-state index in [2.05, 4.69) is 4.90 Å². The summed E-state index contributed by atoms with van der Waals surface area (Å²) in [6, 6.07) is 14.6. The summed E-state index contributed by atoms with van der Waals surface area (Å²) < 4.78 is 5.41. The van der Waals surface area contributed by atoms with Crippen LogP contribution in [0.25, 0.3) is 0 Å². The molecular formula is C19H22N2O3. The minimum atomic E-state index is 0.0370. The first kappa shape index (κ1) is 16.2. The van der Waals surface area contributed by atoms with Crippen LogP contribution in [0.1, 0.15) is 17.3 Å². The van der Waals surface area contributed by atoms with E-state index in [-0.39, 0.29) is 11.7 Å². The molecule has 0 unspecified atom stereocenters. The van der Waals surface area contributed by atoms with E-state index >= 15 is 0 Å². The Morgan fingerprint density at radius 3 is 2.33 bits per heavy atom. The average Bonchev–Trinajstić information content (AvgIpc) is 2.63. The lowest BCUT2D eigenvalue weighted by Gasteiger charge is -2.36. The van der Waals surface area contributed by atoms with Crippen LogP contribution in [0.2, 0.25) is 0 Å². The molecule has 0 atom stereocenters. The van der Waals surface area contributed by atoms with Crippen molar-refractivity contribution in [2.24, 2.45) is 0 Å². The summed E-state index contributed by atoms with van der Waals surface area (Å²) in [5.41, 5.74) is 1.50. The molecule has 0 radical (unpaired) electrons. The third-order valence-corrected chi connectivity index (χ3v) is 4.20. The molecule has 1 fully saturated rings. The van der Waals surface area contributed by atoms with Gasteiger partial charge in [0, 0.05) is 31.7 Å². The maximum absolute atomic E-state index is 12.6. The third kappa shape index (κ3) is 3.45. The standard InChI is InChI=1S/C19H22N2O3/c1-2-24-16-9-7-15(8-10-16)19(23)21-13-11-20(12-14-21)17-5-3-4-6-18(17)22/h3-10,22H,2,11-14H2,1H3. The number of hydrogen-bond donors (Lipinski definition) is 1. The van der Waals surface area contributed by atoms with Crippen molar-refractivity contribution < 1.29 is 14.6 Å². The molecule has 2 aromatic rings. The Balaban J connectivity index is 1.62. The number of amides is 1. The number of aromatic hydroxyl groups is 1. The van der Waals surface area contributed by atoms with E-state index in [1.165, 1.54) is 0 Å². The van der Waals surface area contributed by atoms with E-state index < -0.39 is 0 Å². The van der Waals surface area contributed by atoms with Crippen molar-refractivity contribution in [1.82, 2.24) is 4.90 Å². The molecular weight excluding hydrogens is 304 g/mol. The normalized spacial score (nSPS) is 14.5. The zero-order chi connectivity index (χ0) is 16.9. The van der Waals surface area contributed by atoms with Crippen molar-refractivity contribution in [3.63, 3.8) is 0 Å². The minimum Gasteiger partial charge on any atom is -0.506 e. The highest BCUT2D eigenvalue weighted by atomic mass is 16.5. The largest absolute Gasteiger partial charge is 0.506 e. The van der Waals surface area contributed by atoms with Crippen LogP contribution in [-0.2, 0) is 0 Å². The van der Waals surface area contributed by atoms with Crippen LogP contribution in [0, 0.1) is 0 Å². The molecule has 126 valence electrons. The number of hydrogen-bond acceptors (Lipinski definition) is 4. The maximum atomic E-state index is 12.6. The number of rotatable bonds is 4. The highest BCUT2D eigenvalue weighted by Gasteiger charge is 2.23. The van der Waals surface area contributed by atoms with Gasteiger partial charge in [-0.3, -0.25) is 4.79 Å². The lowest BCUT2D eigenvalue weighted by Crippen LogP contribution is -2.48. The van der Waals surface area contributed by atoms with Gasteiger partial charge in [0.05, 0.1) is 12.3 Å². The molecule has 1 N–H and O–H groups in total. The Kier molecular flexibility index (Phi) is 4.89. The summed E-state index contributed by atoms with van der Waals surface area (Å²) in [5.74, 6) is 1.09. The average molecular weight is 326 g/mol. The van der Waals surface area contributed by atoms with E-state index in [1.54, 1.807) is 6.07 Å².